The Morgan fingerprint density at radius 1 is 0.872 bits per heavy atom. The van der Waals surface area contributed by atoms with E-state index < -0.39 is 28.5 Å². The number of hydrogen-bond donors (Lipinski definition) is 1. The SMILES string of the molecule is CC[C@H](C)NC(=O)[C@H](C)N(Cc1ccc(Cl)cc1)C(=O)CN(c1ccc(Cl)cc1)S(=O)(=O)c1ccc(C)cc1. The van der Waals surface area contributed by atoms with Gasteiger partial charge >= 0.3 is 0 Å². The second kappa shape index (κ2) is 13.3. The molecule has 0 saturated heterocycles. The molecule has 7 nitrogen and oxygen atoms in total. The van der Waals surface area contributed by atoms with Gasteiger partial charge in [-0.05, 0) is 81.3 Å². The molecular formula is C29H33Cl2N3O4S. The lowest BCUT2D eigenvalue weighted by molar-refractivity contribution is -0.139. The molecule has 0 saturated carbocycles. The Bertz CT molecular complexity index is 1380. The number of benzene rings is 3. The Labute approximate surface area is 240 Å². The van der Waals surface area contributed by atoms with E-state index in [1.54, 1.807) is 67.6 Å². The van der Waals surface area contributed by atoms with Gasteiger partial charge in [-0.25, -0.2) is 8.42 Å². The number of amides is 2. The molecule has 0 unspecified atom stereocenters. The quantitative estimate of drug-likeness (QED) is 0.305. The molecule has 2 amide bonds. The van der Waals surface area contributed by atoms with Crippen LogP contribution in [0.5, 0.6) is 0 Å². The summed E-state index contributed by atoms with van der Waals surface area (Å²) in [4.78, 5) is 28.4. The van der Waals surface area contributed by atoms with E-state index in [0.717, 1.165) is 21.9 Å². The van der Waals surface area contributed by atoms with Gasteiger partial charge in [-0.2, -0.15) is 0 Å². The summed E-state index contributed by atoms with van der Waals surface area (Å²) in [7, 11) is -4.13. The summed E-state index contributed by atoms with van der Waals surface area (Å²) in [5.41, 5.74) is 1.92. The van der Waals surface area contributed by atoms with Crippen LogP contribution in [0.1, 0.15) is 38.3 Å². The molecule has 3 aromatic rings. The minimum atomic E-state index is -4.13. The first-order chi connectivity index (χ1) is 18.4. The molecule has 2 atom stereocenters. The van der Waals surface area contributed by atoms with Gasteiger partial charge in [0, 0.05) is 22.6 Å². The lowest BCUT2D eigenvalue weighted by Gasteiger charge is -2.32. The molecule has 3 rings (SSSR count). The second-order valence-corrected chi connectivity index (χ2v) is 12.2. The number of carbonyl (C=O) groups excluding carboxylic acids is 2. The highest BCUT2D eigenvalue weighted by Crippen LogP contribution is 2.26. The highest BCUT2D eigenvalue weighted by molar-refractivity contribution is 7.92. The molecule has 1 N–H and O–H groups in total. The third-order valence-electron chi connectivity index (χ3n) is 6.44. The molecular weight excluding hydrogens is 557 g/mol. The predicted octanol–water partition coefficient (Wildman–Crippen LogP) is 5.83. The van der Waals surface area contributed by atoms with Crippen molar-refractivity contribution in [1.82, 2.24) is 10.2 Å². The van der Waals surface area contributed by atoms with Crippen LogP contribution in [0.4, 0.5) is 5.69 Å². The Hall–Kier alpha value is -3.07. The van der Waals surface area contributed by atoms with E-state index >= 15 is 0 Å². The Morgan fingerprint density at radius 2 is 1.41 bits per heavy atom. The summed E-state index contributed by atoms with van der Waals surface area (Å²) in [5.74, 6) is -0.867. The third kappa shape index (κ3) is 7.97. The fourth-order valence-corrected chi connectivity index (χ4v) is 5.47. The lowest BCUT2D eigenvalue weighted by atomic mass is 10.1. The number of rotatable bonds is 11. The Morgan fingerprint density at radius 3 is 1.95 bits per heavy atom. The zero-order chi connectivity index (χ0) is 28.7. The van der Waals surface area contributed by atoms with Gasteiger partial charge < -0.3 is 10.2 Å². The fourth-order valence-electron chi connectivity index (χ4n) is 3.81. The minimum absolute atomic E-state index is 0.0441. The van der Waals surface area contributed by atoms with Crippen LogP contribution in [0.15, 0.2) is 77.7 Å². The number of anilines is 1. The molecule has 0 bridgehead atoms. The van der Waals surface area contributed by atoms with Crippen LogP contribution in [-0.2, 0) is 26.2 Å². The van der Waals surface area contributed by atoms with E-state index in [1.165, 1.54) is 17.0 Å². The summed E-state index contributed by atoms with van der Waals surface area (Å²) in [6.07, 6.45) is 0.725. The van der Waals surface area contributed by atoms with Crippen LogP contribution in [0, 0.1) is 6.92 Å². The van der Waals surface area contributed by atoms with Gasteiger partial charge in [-0.1, -0.05) is 60.0 Å². The summed E-state index contributed by atoms with van der Waals surface area (Å²) in [5, 5.41) is 3.88. The van der Waals surface area contributed by atoms with Crippen molar-refractivity contribution >= 4 is 50.7 Å². The summed E-state index contributed by atoms with van der Waals surface area (Å²) in [6, 6.07) is 18.6. The number of hydrogen-bond acceptors (Lipinski definition) is 4. The van der Waals surface area contributed by atoms with Crippen LogP contribution < -0.4 is 9.62 Å². The van der Waals surface area contributed by atoms with Crippen molar-refractivity contribution in [1.29, 1.82) is 0 Å². The molecule has 0 fully saturated rings. The van der Waals surface area contributed by atoms with E-state index in [2.05, 4.69) is 5.32 Å². The highest BCUT2D eigenvalue weighted by atomic mass is 35.5. The van der Waals surface area contributed by atoms with E-state index in [-0.39, 0.29) is 29.1 Å². The van der Waals surface area contributed by atoms with Crippen molar-refractivity contribution in [2.24, 2.45) is 0 Å². The van der Waals surface area contributed by atoms with Gasteiger partial charge in [-0.15, -0.1) is 0 Å². The average Bonchev–Trinajstić information content (AvgIpc) is 2.91. The molecule has 0 aromatic heterocycles. The molecule has 0 radical (unpaired) electrons. The van der Waals surface area contributed by atoms with Gasteiger partial charge in [0.2, 0.25) is 11.8 Å². The van der Waals surface area contributed by atoms with Crippen LogP contribution in [0.2, 0.25) is 10.0 Å². The topological polar surface area (TPSA) is 86.8 Å². The Kier molecular flexibility index (Phi) is 10.4. The van der Waals surface area contributed by atoms with Crippen molar-refractivity contribution in [3.63, 3.8) is 0 Å². The van der Waals surface area contributed by atoms with E-state index in [1.807, 2.05) is 20.8 Å². The van der Waals surface area contributed by atoms with Crippen molar-refractivity contribution in [2.75, 3.05) is 10.8 Å². The summed E-state index contributed by atoms with van der Waals surface area (Å²) in [6.45, 7) is 6.89. The highest BCUT2D eigenvalue weighted by Gasteiger charge is 2.32. The molecule has 39 heavy (non-hydrogen) atoms. The van der Waals surface area contributed by atoms with Crippen LogP contribution in [0.25, 0.3) is 0 Å². The molecule has 0 aliphatic heterocycles. The number of nitrogens with one attached hydrogen (secondary N) is 1. The molecule has 10 heteroatoms. The molecule has 0 aliphatic rings. The van der Waals surface area contributed by atoms with Gasteiger partial charge in [0.25, 0.3) is 10.0 Å². The Balaban J connectivity index is 2.01. The van der Waals surface area contributed by atoms with Crippen molar-refractivity contribution in [2.45, 2.75) is 57.6 Å². The second-order valence-electron chi connectivity index (χ2n) is 9.44. The maximum Gasteiger partial charge on any atom is 0.264 e. The van der Waals surface area contributed by atoms with Crippen LogP contribution in [0.3, 0.4) is 0 Å². The number of carbonyl (C=O) groups is 2. The smallest absolute Gasteiger partial charge is 0.264 e. The van der Waals surface area contributed by atoms with Crippen molar-refractivity contribution < 1.29 is 18.0 Å². The zero-order valence-electron chi connectivity index (χ0n) is 22.4. The van der Waals surface area contributed by atoms with Gasteiger partial charge in [0.05, 0.1) is 10.6 Å². The third-order valence-corrected chi connectivity index (χ3v) is 8.73. The number of aryl methyl sites for hydroxylation is 1. The van der Waals surface area contributed by atoms with Gasteiger partial charge in [0.15, 0.2) is 0 Å². The number of halogens is 2. The van der Waals surface area contributed by atoms with Crippen molar-refractivity contribution in [3.05, 3.63) is 94.0 Å². The molecule has 0 heterocycles. The standard InChI is InChI=1S/C29H33Cl2N3O4S/c1-5-21(3)32-29(36)22(4)33(18-23-8-10-24(30)11-9-23)28(35)19-34(26-14-12-25(31)13-15-26)39(37,38)27-16-6-20(2)7-17-27/h6-17,21-22H,5,18-19H2,1-4H3,(H,32,36)/t21-,22-/m0/s1. The maximum atomic E-state index is 13.9. The zero-order valence-corrected chi connectivity index (χ0v) is 24.7. The van der Waals surface area contributed by atoms with Crippen molar-refractivity contribution in [3.8, 4) is 0 Å². The monoisotopic (exact) mass is 589 g/mol. The lowest BCUT2D eigenvalue weighted by Crippen LogP contribution is -2.52. The van der Waals surface area contributed by atoms with Crippen LogP contribution >= 0.6 is 23.2 Å². The largest absolute Gasteiger partial charge is 0.352 e. The number of nitrogens with zero attached hydrogens (tertiary/aromatic N) is 2. The first-order valence-corrected chi connectivity index (χ1v) is 14.8. The van der Waals surface area contributed by atoms with Crippen LogP contribution in [-0.4, -0.2) is 43.8 Å². The van der Waals surface area contributed by atoms with Gasteiger partial charge in [0.1, 0.15) is 12.6 Å². The molecule has 0 spiro atoms. The normalized spacial score (nSPS) is 12.9. The van der Waals surface area contributed by atoms with E-state index in [9.17, 15) is 18.0 Å². The summed E-state index contributed by atoms with van der Waals surface area (Å²) >= 11 is 12.1. The maximum absolute atomic E-state index is 13.9. The number of sulfonamides is 1. The van der Waals surface area contributed by atoms with Gasteiger partial charge in [-0.3, -0.25) is 13.9 Å². The summed E-state index contributed by atoms with van der Waals surface area (Å²) < 4.78 is 28.6. The first kappa shape index (κ1) is 30.5. The molecule has 3 aromatic carbocycles. The minimum Gasteiger partial charge on any atom is -0.352 e. The molecule has 0 aliphatic carbocycles. The van der Waals surface area contributed by atoms with E-state index in [4.69, 9.17) is 23.2 Å². The molecule has 208 valence electrons. The fraction of sp³-hybridized carbons (Fsp3) is 0.310. The first-order valence-electron chi connectivity index (χ1n) is 12.6. The predicted molar refractivity (Wildman–Crippen MR) is 157 cm³/mol. The van der Waals surface area contributed by atoms with E-state index in [0.29, 0.717) is 10.0 Å². The average molecular weight is 591 g/mol.